The van der Waals surface area contributed by atoms with Crippen LogP contribution in [0.25, 0.3) is 0 Å². The SMILES string of the molecule is CCOc1ccc(CNCCCOC)cc1OCC. The van der Waals surface area contributed by atoms with Gasteiger partial charge in [-0.3, -0.25) is 0 Å². The third-order valence-electron chi connectivity index (χ3n) is 2.64. The van der Waals surface area contributed by atoms with Crippen LogP contribution in [-0.2, 0) is 11.3 Å². The summed E-state index contributed by atoms with van der Waals surface area (Å²) in [7, 11) is 1.72. The number of benzene rings is 1. The van der Waals surface area contributed by atoms with Crippen LogP contribution >= 0.6 is 0 Å². The molecule has 0 atom stereocenters. The largest absolute Gasteiger partial charge is 0.490 e. The van der Waals surface area contributed by atoms with Crippen molar-refractivity contribution in [3.63, 3.8) is 0 Å². The summed E-state index contributed by atoms with van der Waals surface area (Å²) in [4.78, 5) is 0. The van der Waals surface area contributed by atoms with Gasteiger partial charge in [0.1, 0.15) is 0 Å². The van der Waals surface area contributed by atoms with Gasteiger partial charge in [-0.25, -0.2) is 0 Å². The third kappa shape index (κ3) is 5.94. The minimum atomic E-state index is 0.644. The summed E-state index contributed by atoms with van der Waals surface area (Å²) in [5, 5.41) is 3.38. The van der Waals surface area contributed by atoms with Crippen LogP contribution in [0.4, 0.5) is 0 Å². The molecule has 0 aliphatic heterocycles. The Morgan fingerprint density at radius 1 is 1.05 bits per heavy atom. The van der Waals surface area contributed by atoms with Crippen molar-refractivity contribution in [2.24, 2.45) is 0 Å². The zero-order chi connectivity index (χ0) is 13.9. The van der Waals surface area contributed by atoms with Crippen LogP contribution < -0.4 is 14.8 Å². The van der Waals surface area contributed by atoms with Gasteiger partial charge in [-0.15, -0.1) is 0 Å². The Labute approximate surface area is 116 Å². The number of ether oxygens (including phenoxy) is 3. The summed E-state index contributed by atoms with van der Waals surface area (Å²) in [5.74, 6) is 1.63. The van der Waals surface area contributed by atoms with E-state index in [2.05, 4.69) is 11.4 Å². The van der Waals surface area contributed by atoms with Crippen molar-refractivity contribution >= 4 is 0 Å². The zero-order valence-electron chi connectivity index (χ0n) is 12.2. The highest BCUT2D eigenvalue weighted by Gasteiger charge is 2.05. The smallest absolute Gasteiger partial charge is 0.161 e. The molecule has 0 aliphatic carbocycles. The Bertz CT molecular complexity index is 355. The number of nitrogens with one attached hydrogen (secondary N) is 1. The maximum Gasteiger partial charge on any atom is 0.161 e. The van der Waals surface area contributed by atoms with Crippen molar-refractivity contribution in [2.45, 2.75) is 26.8 Å². The van der Waals surface area contributed by atoms with Crippen molar-refractivity contribution in [1.29, 1.82) is 0 Å². The first-order valence-corrected chi connectivity index (χ1v) is 6.90. The van der Waals surface area contributed by atoms with E-state index in [1.54, 1.807) is 7.11 Å². The first-order chi connectivity index (χ1) is 9.31. The van der Waals surface area contributed by atoms with Gasteiger partial charge >= 0.3 is 0 Å². The Hall–Kier alpha value is -1.26. The maximum atomic E-state index is 5.60. The average molecular weight is 267 g/mol. The van der Waals surface area contributed by atoms with E-state index in [4.69, 9.17) is 14.2 Å². The highest BCUT2D eigenvalue weighted by molar-refractivity contribution is 5.43. The maximum absolute atomic E-state index is 5.60. The molecule has 1 rings (SSSR count). The van der Waals surface area contributed by atoms with E-state index in [1.165, 1.54) is 5.56 Å². The summed E-state index contributed by atoms with van der Waals surface area (Å²) in [6.07, 6.45) is 1.02. The number of hydrogen-bond donors (Lipinski definition) is 1. The van der Waals surface area contributed by atoms with Gasteiger partial charge in [0, 0.05) is 20.3 Å². The normalized spacial score (nSPS) is 10.5. The van der Waals surface area contributed by atoms with Gasteiger partial charge in [0.05, 0.1) is 13.2 Å². The fourth-order valence-corrected chi connectivity index (χ4v) is 1.78. The Morgan fingerprint density at radius 2 is 1.79 bits per heavy atom. The molecular formula is C15H25NO3. The molecule has 0 saturated heterocycles. The van der Waals surface area contributed by atoms with Crippen LogP contribution in [0.3, 0.4) is 0 Å². The lowest BCUT2D eigenvalue weighted by atomic mass is 10.2. The summed E-state index contributed by atoms with van der Waals surface area (Å²) in [6, 6.07) is 6.08. The van der Waals surface area contributed by atoms with Gasteiger partial charge < -0.3 is 19.5 Å². The van der Waals surface area contributed by atoms with Gasteiger partial charge in [0.15, 0.2) is 11.5 Å². The molecule has 0 radical (unpaired) electrons. The van der Waals surface area contributed by atoms with Gasteiger partial charge in [0.25, 0.3) is 0 Å². The predicted octanol–water partition coefficient (Wildman–Crippen LogP) is 2.61. The molecule has 19 heavy (non-hydrogen) atoms. The van der Waals surface area contributed by atoms with Gasteiger partial charge in [-0.2, -0.15) is 0 Å². The molecule has 1 aromatic carbocycles. The van der Waals surface area contributed by atoms with Crippen LogP contribution in [0.5, 0.6) is 11.5 Å². The van der Waals surface area contributed by atoms with Crippen molar-refractivity contribution in [3.8, 4) is 11.5 Å². The lowest BCUT2D eigenvalue weighted by Crippen LogP contribution is -2.16. The topological polar surface area (TPSA) is 39.7 Å². The van der Waals surface area contributed by atoms with E-state index in [1.807, 2.05) is 26.0 Å². The zero-order valence-corrected chi connectivity index (χ0v) is 12.2. The molecule has 4 heteroatoms. The summed E-state index contributed by atoms with van der Waals surface area (Å²) in [5.41, 5.74) is 1.20. The van der Waals surface area contributed by atoms with Crippen LogP contribution in [0.1, 0.15) is 25.8 Å². The molecule has 1 N–H and O–H groups in total. The lowest BCUT2D eigenvalue weighted by Gasteiger charge is -2.12. The summed E-state index contributed by atoms with van der Waals surface area (Å²) < 4.78 is 16.2. The molecular weight excluding hydrogens is 242 g/mol. The van der Waals surface area contributed by atoms with Crippen LogP contribution in [0.15, 0.2) is 18.2 Å². The van der Waals surface area contributed by atoms with E-state index in [0.29, 0.717) is 13.2 Å². The second-order valence-electron chi connectivity index (χ2n) is 4.17. The number of rotatable bonds is 10. The minimum absolute atomic E-state index is 0.644. The van der Waals surface area contributed by atoms with E-state index in [0.717, 1.165) is 37.6 Å². The molecule has 0 spiro atoms. The Balaban J connectivity index is 2.51. The standard InChI is InChI=1S/C15H25NO3/c1-4-18-14-8-7-13(11-15(14)19-5-2)12-16-9-6-10-17-3/h7-8,11,16H,4-6,9-10,12H2,1-3H3. The molecule has 0 saturated carbocycles. The summed E-state index contributed by atoms with van der Waals surface area (Å²) in [6.45, 7) is 7.81. The molecule has 0 amide bonds. The van der Waals surface area contributed by atoms with Gasteiger partial charge in [0.2, 0.25) is 0 Å². The quantitative estimate of drug-likeness (QED) is 0.661. The van der Waals surface area contributed by atoms with E-state index < -0.39 is 0 Å². The molecule has 0 aliphatic rings. The van der Waals surface area contributed by atoms with Crippen molar-refractivity contribution < 1.29 is 14.2 Å². The summed E-state index contributed by atoms with van der Waals surface area (Å²) >= 11 is 0. The Kier molecular flexibility index (Phi) is 8.02. The van der Waals surface area contributed by atoms with Crippen molar-refractivity contribution in [2.75, 3.05) is 33.5 Å². The van der Waals surface area contributed by atoms with Crippen LogP contribution in [0.2, 0.25) is 0 Å². The van der Waals surface area contributed by atoms with E-state index >= 15 is 0 Å². The average Bonchev–Trinajstić information content (AvgIpc) is 2.42. The molecule has 108 valence electrons. The van der Waals surface area contributed by atoms with Crippen LogP contribution in [-0.4, -0.2) is 33.5 Å². The molecule has 4 nitrogen and oxygen atoms in total. The molecule has 0 fully saturated rings. The highest BCUT2D eigenvalue weighted by atomic mass is 16.5. The monoisotopic (exact) mass is 267 g/mol. The number of methoxy groups -OCH3 is 1. The molecule has 1 aromatic rings. The number of hydrogen-bond acceptors (Lipinski definition) is 4. The van der Waals surface area contributed by atoms with Crippen molar-refractivity contribution in [1.82, 2.24) is 5.32 Å². The predicted molar refractivity (Wildman–Crippen MR) is 77.0 cm³/mol. The van der Waals surface area contributed by atoms with Crippen LogP contribution in [0, 0.1) is 0 Å². The second kappa shape index (κ2) is 9.64. The third-order valence-corrected chi connectivity index (χ3v) is 2.64. The van der Waals surface area contributed by atoms with E-state index in [-0.39, 0.29) is 0 Å². The van der Waals surface area contributed by atoms with E-state index in [9.17, 15) is 0 Å². The Morgan fingerprint density at radius 3 is 2.47 bits per heavy atom. The fourth-order valence-electron chi connectivity index (χ4n) is 1.78. The molecule has 0 heterocycles. The van der Waals surface area contributed by atoms with Crippen molar-refractivity contribution in [3.05, 3.63) is 23.8 Å². The lowest BCUT2D eigenvalue weighted by molar-refractivity contribution is 0.194. The van der Waals surface area contributed by atoms with Gasteiger partial charge in [-0.1, -0.05) is 6.07 Å². The second-order valence-corrected chi connectivity index (χ2v) is 4.17. The molecule has 0 unspecified atom stereocenters. The first-order valence-electron chi connectivity index (χ1n) is 6.90. The molecule has 0 aromatic heterocycles. The fraction of sp³-hybridized carbons (Fsp3) is 0.600. The van der Waals surface area contributed by atoms with Gasteiger partial charge in [-0.05, 0) is 44.5 Å². The molecule has 0 bridgehead atoms. The highest BCUT2D eigenvalue weighted by Crippen LogP contribution is 2.28. The first kappa shape index (κ1) is 15.8. The minimum Gasteiger partial charge on any atom is -0.490 e.